The van der Waals surface area contributed by atoms with Crippen molar-refractivity contribution in [1.82, 2.24) is 5.32 Å². The largest absolute Gasteiger partial charge is 0.483 e. The maximum atomic E-state index is 11.5. The van der Waals surface area contributed by atoms with E-state index in [-0.39, 0.29) is 25.5 Å². The third kappa shape index (κ3) is 5.97. The molecular weight excluding hydrogens is 296 g/mol. The number of nitriles is 1. The number of carboxylic acid groups (broad SMARTS) is 1. The van der Waals surface area contributed by atoms with Gasteiger partial charge in [-0.05, 0) is 18.2 Å². The lowest BCUT2D eigenvalue weighted by molar-refractivity contribution is -0.131. The number of hydrogen-bond donors (Lipinski definition) is 2. The Balaban J connectivity index is 2.71. The van der Waals surface area contributed by atoms with E-state index in [0.717, 1.165) is 6.08 Å². The lowest BCUT2D eigenvalue weighted by atomic mass is 10.2. The van der Waals surface area contributed by atoms with Gasteiger partial charge < -0.3 is 15.2 Å². The summed E-state index contributed by atoms with van der Waals surface area (Å²) in [4.78, 5) is 22.0. The Morgan fingerprint density at radius 3 is 2.90 bits per heavy atom. The third-order valence-electron chi connectivity index (χ3n) is 2.32. The number of hydrogen-bond acceptors (Lipinski definition) is 4. The SMILES string of the molecule is N#CCCNC(=O)COc1cccc(Cl)c1/C=C/C(=O)O. The number of nitrogens with one attached hydrogen (secondary N) is 1. The molecule has 1 aromatic rings. The van der Waals surface area contributed by atoms with E-state index in [1.54, 1.807) is 18.2 Å². The highest BCUT2D eigenvalue weighted by Crippen LogP contribution is 2.27. The molecule has 6 nitrogen and oxygen atoms in total. The van der Waals surface area contributed by atoms with Gasteiger partial charge in [0.25, 0.3) is 5.91 Å². The second-order valence-corrected chi connectivity index (χ2v) is 4.28. The Morgan fingerprint density at radius 2 is 2.24 bits per heavy atom. The summed E-state index contributed by atoms with van der Waals surface area (Å²) >= 11 is 5.97. The molecule has 0 saturated carbocycles. The molecule has 0 fully saturated rings. The lowest BCUT2D eigenvalue weighted by Crippen LogP contribution is -2.29. The van der Waals surface area contributed by atoms with Crippen molar-refractivity contribution in [2.45, 2.75) is 6.42 Å². The summed E-state index contributed by atoms with van der Waals surface area (Å²) in [6.07, 6.45) is 2.45. The predicted octanol–water partition coefficient (Wildman–Crippen LogP) is 1.85. The van der Waals surface area contributed by atoms with Crippen LogP contribution in [0.5, 0.6) is 5.75 Å². The molecule has 0 aliphatic heterocycles. The van der Waals surface area contributed by atoms with E-state index in [1.165, 1.54) is 6.08 Å². The van der Waals surface area contributed by atoms with Crippen molar-refractivity contribution in [1.29, 1.82) is 5.26 Å². The van der Waals surface area contributed by atoms with E-state index in [9.17, 15) is 9.59 Å². The number of carbonyl (C=O) groups excluding carboxylic acids is 1. The highest BCUT2D eigenvalue weighted by molar-refractivity contribution is 6.32. The number of halogens is 1. The Hall–Kier alpha value is -2.52. The monoisotopic (exact) mass is 308 g/mol. The van der Waals surface area contributed by atoms with Crippen molar-refractivity contribution < 1.29 is 19.4 Å². The number of benzene rings is 1. The zero-order chi connectivity index (χ0) is 15.7. The Labute approximate surface area is 126 Å². The minimum Gasteiger partial charge on any atom is -0.483 e. The quantitative estimate of drug-likeness (QED) is 0.591. The first kappa shape index (κ1) is 16.5. The van der Waals surface area contributed by atoms with Crippen molar-refractivity contribution in [3.8, 4) is 11.8 Å². The molecule has 0 aromatic heterocycles. The van der Waals surface area contributed by atoms with Crippen molar-refractivity contribution in [2.75, 3.05) is 13.2 Å². The van der Waals surface area contributed by atoms with E-state index < -0.39 is 5.97 Å². The van der Waals surface area contributed by atoms with E-state index >= 15 is 0 Å². The van der Waals surface area contributed by atoms with Gasteiger partial charge in [-0.15, -0.1) is 0 Å². The van der Waals surface area contributed by atoms with Crippen LogP contribution in [0.3, 0.4) is 0 Å². The smallest absolute Gasteiger partial charge is 0.328 e. The average Bonchev–Trinajstić information content (AvgIpc) is 2.44. The molecule has 1 rings (SSSR count). The number of carboxylic acids is 1. The summed E-state index contributed by atoms with van der Waals surface area (Å²) in [5.41, 5.74) is 0.381. The normalized spacial score (nSPS) is 10.1. The van der Waals surface area contributed by atoms with Gasteiger partial charge in [0, 0.05) is 18.2 Å². The van der Waals surface area contributed by atoms with Gasteiger partial charge in [0.2, 0.25) is 0 Å². The van der Waals surface area contributed by atoms with Crippen molar-refractivity contribution in [3.05, 3.63) is 34.9 Å². The maximum absolute atomic E-state index is 11.5. The van der Waals surface area contributed by atoms with Crippen LogP contribution in [0.25, 0.3) is 6.08 Å². The zero-order valence-electron chi connectivity index (χ0n) is 11.0. The molecule has 0 atom stereocenters. The number of nitrogens with zero attached hydrogens (tertiary/aromatic N) is 1. The second kappa shape index (κ2) is 8.61. The first-order valence-corrected chi connectivity index (χ1v) is 6.38. The molecule has 7 heteroatoms. The molecule has 0 unspecified atom stereocenters. The van der Waals surface area contributed by atoms with Gasteiger partial charge in [0.1, 0.15) is 5.75 Å². The summed E-state index contributed by atoms with van der Waals surface area (Å²) in [5.74, 6) is -1.19. The summed E-state index contributed by atoms with van der Waals surface area (Å²) in [7, 11) is 0. The fourth-order valence-corrected chi connectivity index (χ4v) is 1.64. The van der Waals surface area contributed by atoms with E-state index in [4.69, 9.17) is 26.7 Å². The van der Waals surface area contributed by atoms with Crippen LogP contribution in [0, 0.1) is 11.3 Å². The Morgan fingerprint density at radius 1 is 1.48 bits per heavy atom. The van der Waals surface area contributed by atoms with Gasteiger partial charge in [-0.25, -0.2) is 4.79 Å². The van der Waals surface area contributed by atoms with E-state index in [1.807, 2.05) is 6.07 Å². The molecule has 0 radical (unpaired) electrons. The highest BCUT2D eigenvalue weighted by Gasteiger charge is 2.08. The van der Waals surface area contributed by atoms with Gasteiger partial charge in [-0.2, -0.15) is 5.26 Å². The molecule has 1 aromatic carbocycles. The highest BCUT2D eigenvalue weighted by atomic mass is 35.5. The molecule has 1 amide bonds. The van der Waals surface area contributed by atoms with Gasteiger partial charge in [-0.1, -0.05) is 17.7 Å². The topological polar surface area (TPSA) is 99.4 Å². The van der Waals surface area contributed by atoms with Crippen LogP contribution in [0.2, 0.25) is 5.02 Å². The van der Waals surface area contributed by atoms with Crippen LogP contribution in [-0.2, 0) is 9.59 Å². The summed E-state index contributed by atoms with van der Waals surface area (Å²) in [6.45, 7) is -0.000302. The van der Waals surface area contributed by atoms with Gasteiger partial charge >= 0.3 is 5.97 Å². The molecule has 0 saturated heterocycles. The minimum absolute atomic E-state index is 0.218. The molecule has 0 heterocycles. The van der Waals surface area contributed by atoms with Crippen molar-refractivity contribution in [3.63, 3.8) is 0 Å². The number of rotatable bonds is 7. The average molecular weight is 309 g/mol. The summed E-state index contributed by atoms with van der Waals surface area (Å²) in [5, 5.41) is 19.8. The van der Waals surface area contributed by atoms with Crippen LogP contribution < -0.4 is 10.1 Å². The predicted molar refractivity (Wildman–Crippen MR) is 76.9 cm³/mol. The van der Waals surface area contributed by atoms with Crippen LogP contribution in [0.1, 0.15) is 12.0 Å². The first-order valence-electron chi connectivity index (χ1n) is 6.00. The molecule has 0 aliphatic carbocycles. The maximum Gasteiger partial charge on any atom is 0.328 e. The van der Waals surface area contributed by atoms with Gasteiger partial charge in [-0.3, -0.25) is 4.79 Å². The standard InChI is InChI=1S/C14H13ClN2O4/c15-11-3-1-4-12(10(11)5-6-14(19)20)21-9-13(18)17-8-2-7-16/h1,3-6H,2,8-9H2,(H,17,18)(H,19,20)/b6-5+. The lowest BCUT2D eigenvalue weighted by Gasteiger charge is -2.10. The van der Waals surface area contributed by atoms with Crippen LogP contribution >= 0.6 is 11.6 Å². The summed E-state index contributed by atoms with van der Waals surface area (Å²) < 4.78 is 5.32. The molecule has 21 heavy (non-hydrogen) atoms. The van der Waals surface area contributed by atoms with Crippen molar-refractivity contribution >= 4 is 29.6 Å². The Bertz CT molecular complexity index is 593. The second-order valence-electron chi connectivity index (χ2n) is 3.87. The molecule has 0 aliphatic rings. The van der Waals surface area contributed by atoms with E-state index in [0.29, 0.717) is 16.3 Å². The number of ether oxygens (including phenoxy) is 1. The van der Waals surface area contributed by atoms with Gasteiger partial charge in [0.05, 0.1) is 17.5 Å². The van der Waals surface area contributed by atoms with E-state index in [2.05, 4.69) is 5.32 Å². The minimum atomic E-state index is -1.12. The molecule has 110 valence electrons. The number of amides is 1. The fourth-order valence-electron chi connectivity index (χ4n) is 1.41. The third-order valence-corrected chi connectivity index (χ3v) is 2.65. The first-order chi connectivity index (χ1) is 10.0. The van der Waals surface area contributed by atoms with Crippen molar-refractivity contribution in [2.24, 2.45) is 0 Å². The molecule has 0 spiro atoms. The van der Waals surface area contributed by atoms with Crippen LogP contribution in [-0.4, -0.2) is 30.1 Å². The molecular formula is C14H13ClN2O4. The Kier molecular flexibility index (Phi) is 6.78. The molecule has 2 N–H and O–H groups in total. The van der Waals surface area contributed by atoms with Gasteiger partial charge in [0.15, 0.2) is 6.61 Å². The number of carbonyl (C=O) groups is 2. The number of aliphatic carboxylic acids is 1. The van der Waals surface area contributed by atoms with Crippen LogP contribution in [0.15, 0.2) is 24.3 Å². The van der Waals surface area contributed by atoms with Crippen LogP contribution in [0.4, 0.5) is 0 Å². The zero-order valence-corrected chi connectivity index (χ0v) is 11.8. The summed E-state index contributed by atoms with van der Waals surface area (Å²) in [6, 6.07) is 6.70. The fraction of sp³-hybridized carbons (Fsp3) is 0.214. The molecule has 0 bridgehead atoms.